The largest absolute Gasteiger partial charge is 0.442 e. The molecule has 2 amide bonds. The zero-order valence-corrected chi connectivity index (χ0v) is 14.2. The Bertz CT molecular complexity index is 1010. The SMILES string of the molecule is O=C(Nc1ccc(Cl)c([N+](=O)[O-])c1)Nc1ccc(F)c(C2(C(F)(F)F)N=N2)c1. The van der Waals surface area contributed by atoms with Crippen LogP contribution in [0.2, 0.25) is 5.02 Å². The molecule has 0 unspecified atom stereocenters. The predicted molar refractivity (Wildman–Crippen MR) is 89.7 cm³/mol. The van der Waals surface area contributed by atoms with E-state index in [9.17, 15) is 32.5 Å². The number of benzene rings is 2. The number of nitro benzene ring substituents is 1. The molecule has 1 aliphatic rings. The third kappa shape index (κ3) is 3.58. The van der Waals surface area contributed by atoms with Gasteiger partial charge in [0.05, 0.1) is 10.5 Å². The van der Waals surface area contributed by atoms with Gasteiger partial charge in [-0.3, -0.25) is 10.1 Å². The maximum absolute atomic E-state index is 13.9. The topological polar surface area (TPSA) is 109 Å². The van der Waals surface area contributed by atoms with Crippen molar-refractivity contribution in [1.29, 1.82) is 0 Å². The second-order valence-corrected chi connectivity index (χ2v) is 5.97. The summed E-state index contributed by atoms with van der Waals surface area (Å²) in [5, 5.41) is 21.0. The molecule has 0 saturated heterocycles. The smallest absolute Gasteiger partial charge is 0.308 e. The first kappa shape index (κ1) is 19.5. The molecular formula is C15H8ClF4N5O3. The number of hydrogen-bond donors (Lipinski definition) is 2. The summed E-state index contributed by atoms with van der Waals surface area (Å²) in [5.41, 5.74) is -4.46. The molecule has 0 bridgehead atoms. The first-order valence-corrected chi connectivity index (χ1v) is 7.74. The monoisotopic (exact) mass is 417 g/mol. The molecule has 2 aromatic rings. The molecule has 146 valence electrons. The van der Waals surface area contributed by atoms with Gasteiger partial charge in [-0.25, -0.2) is 9.18 Å². The number of urea groups is 1. The third-order valence-corrected chi connectivity index (χ3v) is 4.02. The lowest BCUT2D eigenvalue weighted by Crippen LogP contribution is -2.31. The lowest BCUT2D eigenvalue weighted by Gasteiger charge is -2.16. The van der Waals surface area contributed by atoms with Crippen LogP contribution in [0.5, 0.6) is 0 Å². The maximum atomic E-state index is 13.9. The van der Waals surface area contributed by atoms with Crippen LogP contribution in [0.1, 0.15) is 5.56 Å². The molecule has 0 aromatic heterocycles. The molecule has 1 aliphatic heterocycles. The van der Waals surface area contributed by atoms with Crippen molar-refractivity contribution in [2.75, 3.05) is 10.6 Å². The van der Waals surface area contributed by atoms with Crippen LogP contribution in [0.25, 0.3) is 0 Å². The summed E-state index contributed by atoms with van der Waals surface area (Å²) in [6.07, 6.45) is -4.93. The minimum absolute atomic E-state index is 0.00916. The zero-order valence-electron chi connectivity index (χ0n) is 13.4. The molecule has 2 aromatic carbocycles. The van der Waals surface area contributed by atoms with E-state index in [0.717, 1.165) is 24.3 Å². The van der Waals surface area contributed by atoms with Crippen LogP contribution in [-0.2, 0) is 5.66 Å². The van der Waals surface area contributed by atoms with Gasteiger partial charge >= 0.3 is 17.9 Å². The van der Waals surface area contributed by atoms with E-state index in [1.807, 2.05) is 0 Å². The van der Waals surface area contributed by atoms with Crippen LogP contribution in [0, 0.1) is 15.9 Å². The fourth-order valence-electron chi connectivity index (χ4n) is 2.32. The second kappa shape index (κ2) is 6.71. The molecule has 0 fully saturated rings. The van der Waals surface area contributed by atoms with Crippen molar-refractivity contribution < 1.29 is 27.3 Å². The van der Waals surface area contributed by atoms with Gasteiger partial charge in [-0.1, -0.05) is 11.6 Å². The fourth-order valence-corrected chi connectivity index (χ4v) is 2.50. The number of carbonyl (C=O) groups is 1. The van der Waals surface area contributed by atoms with Gasteiger partial charge in [0.15, 0.2) is 0 Å². The molecule has 1 heterocycles. The Kier molecular flexibility index (Phi) is 4.67. The maximum Gasteiger partial charge on any atom is 0.442 e. The molecule has 8 nitrogen and oxygen atoms in total. The highest BCUT2D eigenvalue weighted by atomic mass is 35.5. The van der Waals surface area contributed by atoms with E-state index in [0.29, 0.717) is 0 Å². The number of anilines is 2. The summed E-state index contributed by atoms with van der Waals surface area (Å²) in [4.78, 5) is 22.1. The van der Waals surface area contributed by atoms with Gasteiger partial charge in [0.25, 0.3) is 5.69 Å². The summed E-state index contributed by atoms with van der Waals surface area (Å²) < 4.78 is 53.0. The van der Waals surface area contributed by atoms with Crippen molar-refractivity contribution in [2.45, 2.75) is 11.8 Å². The second-order valence-electron chi connectivity index (χ2n) is 5.57. The zero-order chi connectivity index (χ0) is 20.7. The number of nitro groups is 1. The quantitative estimate of drug-likeness (QED) is 0.404. The number of carbonyl (C=O) groups excluding carboxylic acids is 1. The Morgan fingerprint density at radius 2 is 1.68 bits per heavy atom. The molecule has 28 heavy (non-hydrogen) atoms. The minimum Gasteiger partial charge on any atom is -0.308 e. The Morgan fingerprint density at radius 1 is 1.11 bits per heavy atom. The Labute approximate surface area is 158 Å². The highest BCUT2D eigenvalue weighted by Gasteiger charge is 2.66. The van der Waals surface area contributed by atoms with Crippen LogP contribution < -0.4 is 10.6 Å². The highest BCUT2D eigenvalue weighted by molar-refractivity contribution is 6.32. The first-order valence-electron chi connectivity index (χ1n) is 7.36. The molecular weight excluding hydrogens is 410 g/mol. The van der Waals surface area contributed by atoms with Crippen molar-refractivity contribution in [3.63, 3.8) is 0 Å². The van der Waals surface area contributed by atoms with Crippen LogP contribution in [0.15, 0.2) is 46.6 Å². The fraction of sp³-hybridized carbons (Fsp3) is 0.133. The Balaban J connectivity index is 1.78. The molecule has 2 N–H and O–H groups in total. The summed E-state index contributed by atoms with van der Waals surface area (Å²) >= 11 is 5.66. The molecule has 0 aliphatic carbocycles. The lowest BCUT2D eigenvalue weighted by atomic mass is 10.0. The van der Waals surface area contributed by atoms with Crippen LogP contribution in [-0.4, -0.2) is 17.1 Å². The average Bonchev–Trinajstić information content (AvgIpc) is 3.39. The number of halogens is 5. The van der Waals surface area contributed by atoms with Crippen molar-refractivity contribution in [3.05, 3.63) is 62.9 Å². The van der Waals surface area contributed by atoms with E-state index in [2.05, 4.69) is 20.9 Å². The van der Waals surface area contributed by atoms with Crippen LogP contribution in [0.3, 0.4) is 0 Å². The van der Waals surface area contributed by atoms with E-state index >= 15 is 0 Å². The number of rotatable bonds is 4. The van der Waals surface area contributed by atoms with Gasteiger partial charge in [0.1, 0.15) is 10.8 Å². The predicted octanol–water partition coefficient (Wildman–Crippen LogP) is 5.21. The summed E-state index contributed by atoms with van der Waals surface area (Å²) in [6, 6.07) is 5.06. The van der Waals surface area contributed by atoms with Crippen molar-refractivity contribution in [1.82, 2.24) is 0 Å². The van der Waals surface area contributed by atoms with Gasteiger partial charge in [-0.2, -0.15) is 13.2 Å². The van der Waals surface area contributed by atoms with Gasteiger partial charge < -0.3 is 10.6 Å². The van der Waals surface area contributed by atoms with E-state index in [-0.39, 0.29) is 16.4 Å². The first-order chi connectivity index (χ1) is 13.0. The molecule has 0 saturated carbocycles. The van der Waals surface area contributed by atoms with E-state index in [4.69, 9.17) is 11.6 Å². The number of alkyl halides is 3. The number of nitrogens with one attached hydrogen (secondary N) is 2. The molecule has 0 radical (unpaired) electrons. The standard InChI is InChI=1S/C15H8ClF4N5O3/c16-10-3-1-8(6-12(10)25(27)28)22-13(26)21-7-2-4-11(17)9(5-7)14(23-24-14)15(18,19)20/h1-6H,(H2,21,22,26). The van der Waals surface area contributed by atoms with Gasteiger partial charge in [-0.05, 0) is 30.3 Å². The summed E-state index contributed by atoms with van der Waals surface area (Å²) in [6.45, 7) is 0. The van der Waals surface area contributed by atoms with Crippen molar-refractivity contribution in [3.8, 4) is 0 Å². The molecule has 0 atom stereocenters. The summed E-state index contributed by atoms with van der Waals surface area (Å²) in [7, 11) is 0. The number of nitrogens with zero attached hydrogens (tertiary/aromatic N) is 3. The minimum atomic E-state index is -4.93. The average molecular weight is 418 g/mol. The number of hydrogen-bond acceptors (Lipinski definition) is 5. The van der Waals surface area contributed by atoms with Crippen molar-refractivity contribution >= 4 is 34.7 Å². The molecule has 0 spiro atoms. The Hall–Kier alpha value is -3.28. The lowest BCUT2D eigenvalue weighted by molar-refractivity contribution is -0.384. The Morgan fingerprint density at radius 3 is 2.21 bits per heavy atom. The van der Waals surface area contributed by atoms with Gasteiger partial charge in [-0.15, -0.1) is 10.2 Å². The van der Waals surface area contributed by atoms with E-state index < -0.39 is 39.9 Å². The molecule has 3 rings (SSSR count). The number of amides is 2. The third-order valence-electron chi connectivity index (χ3n) is 3.70. The highest BCUT2D eigenvalue weighted by Crippen LogP contribution is 2.53. The van der Waals surface area contributed by atoms with E-state index in [1.165, 1.54) is 12.1 Å². The van der Waals surface area contributed by atoms with Gasteiger partial charge in [0, 0.05) is 17.4 Å². The van der Waals surface area contributed by atoms with E-state index in [1.54, 1.807) is 0 Å². The van der Waals surface area contributed by atoms with Crippen LogP contribution >= 0.6 is 11.6 Å². The normalized spacial score (nSPS) is 14.5. The van der Waals surface area contributed by atoms with Gasteiger partial charge in [0.2, 0.25) is 0 Å². The molecule has 13 heteroatoms. The van der Waals surface area contributed by atoms with Crippen molar-refractivity contribution in [2.24, 2.45) is 10.2 Å². The summed E-state index contributed by atoms with van der Waals surface area (Å²) in [5.74, 6) is -1.19. The van der Waals surface area contributed by atoms with Crippen LogP contribution in [0.4, 0.5) is 39.4 Å².